The molecule has 8 aromatic rings. The Balaban J connectivity index is 1.23. The van der Waals surface area contributed by atoms with E-state index in [-0.39, 0.29) is 0 Å². The number of hydrogen-bond acceptors (Lipinski definition) is 2. The lowest BCUT2D eigenvalue weighted by Gasteiger charge is -2.27. The average molecular weight is 815 g/mol. The van der Waals surface area contributed by atoms with Crippen molar-refractivity contribution in [2.75, 3.05) is 0 Å². The molecular weight excluding hydrogens is 771 g/mol. The van der Waals surface area contributed by atoms with E-state index in [1.807, 2.05) is 121 Å². The van der Waals surface area contributed by atoms with Gasteiger partial charge in [0.25, 0.3) is 0 Å². The van der Waals surface area contributed by atoms with Gasteiger partial charge >= 0.3 is 0 Å². The molecule has 5 heteroatoms. The van der Waals surface area contributed by atoms with Gasteiger partial charge in [0.1, 0.15) is 8.07 Å². The van der Waals surface area contributed by atoms with E-state index in [0.717, 1.165) is 54.1 Å². The van der Waals surface area contributed by atoms with Gasteiger partial charge in [-0.15, -0.1) is 0 Å². The summed E-state index contributed by atoms with van der Waals surface area (Å²) in [5.41, 5.74) is 7.05. The number of benzene rings is 8. The second kappa shape index (κ2) is 15.9. The van der Waals surface area contributed by atoms with Crippen LogP contribution in [0.4, 0.5) is 0 Å². The van der Waals surface area contributed by atoms with Crippen molar-refractivity contribution in [3.05, 3.63) is 253 Å². The largest absolute Gasteiger partial charge is 0.309 e. The van der Waals surface area contributed by atoms with Crippen LogP contribution in [-0.2, 0) is 9.13 Å². The first-order chi connectivity index (χ1) is 28.8. The van der Waals surface area contributed by atoms with Gasteiger partial charge in [0.2, 0.25) is 0 Å². The molecule has 2 nitrogen and oxygen atoms in total. The second-order valence-electron chi connectivity index (χ2n) is 15.5. The summed E-state index contributed by atoms with van der Waals surface area (Å²) >= 11 is 0. The summed E-state index contributed by atoms with van der Waals surface area (Å²) in [5.74, 6) is 0. The van der Waals surface area contributed by atoms with Crippen molar-refractivity contribution >= 4 is 75.7 Å². The molecule has 8 aromatic carbocycles. The van der Waals surface area contributed by atoms with Crippen molar-refractivity contribution in [2.24, 2.45) is 0 Å². The van der Waals surface area contributed by atoms with E-state index in [2.05, 4.69) is 122 Å². The highest BCUT2D eigenvalue weighted by Crippen LogP contribution is 2.56. The SMILES string of the molecule is C[Si]1(C)C(c2ccc(P(=O)(c3ccccc3)c3ccccc3)cc2)=C(c2ccccc2)C(c2ccccc2)=C1c1ccc(P(=O)(c2ccccc2)c2ccccc2)cc1. The molecule has 1 aliphatic rings. The van der Waals surface area contributed by atoms with Crippen LogP contribution in [0, 0.1) is 0 Å². The lowest BCUT2D eigenvalue weighted by atomic mass is 9.89. The van der Waals surface area contributed by atoms with Crippen molar-refractivity contribution in [1.82, 2.24) is 0 Å². The van der Waals surface area contributed by atoms with Crippen LogP contribution < -0.4 is 31.8 Å². The summed E-state index contributed by atoms with van der Waals surface area (Å²) in [5, 5.41) is 7.58. The summed E-state index contributed by atoms with van der Waals surface area (Å²) < 4.78 is 30.8. The lowest BCUT2D eigenvalue weighted by Crippen LogP contribution is -2.29. The Morgan fingerprint density at radius 1 is 0.271 bits per heavy atom. The van der Waals surface area contributed by atoms with Crippen LogP contribution in [-0.4, -0.2) is 8.07 Å². The molecule has 0 N–H and O–H groups in total. The number of hydrogen-bond donors (Lipinski definition) is 0. The molecule has 0 bridgehead atoms. The van der Waals surface area contributed by atoms with E-state index in [4.69, 9.17) is 0 Å². The molecule has 0 saturated heterocycles. The lowest BCUT2D eigenvalue weighted by molar-refractivity contribution is 0.591. The van der Waals surface area contributed by atoms with Gasteiger partial charge in [-0.1, -0.05) is 244 Å². The Bertz CT molecular complexity index is 2600. The van der Waals surface area contributed by atoms with Crippen LogP contribution in [0.25, 0.3) is 21.5 Å². The van der Waals surface area contributed by atoms with Gasteiger partial charge in [0.05, 0.1) is 0 Å². The molecule has 0 unspecified atom stereocenters. The van der Waals surface area contributed by atoms with Crippen LogP contribution in [0.3, 0.4) is 0 Å². The van der Waals surface area contributed by atoms with E-state index in [0.29, 0.717) is 0 Å². The molecule has 0 fully saturated rings. The van der Waals surface area contributed by atoms with Crippen molar-refractivity contribution in [1.29, 1.82) is 0 Å². The summed E-state index contributed by atoms with van der Waals surface area (Å²) in [6.07, 6.45) is 0. The molecule has 59 heavy (non-hydrogen) atoms. The molecule has 0 radical (unpaired) electrons. The monoisotopic (exact) mass is 814 g/mol. The van der Waals surface area contributed by atoms with Crippen molar-refractivity contribution in [3.8, 4) is 0 Å². The van der Waals surface area contributed by atoms with Crippen LogP contribution in [0.15, 0.2) is 231 Å². The van der Waals surface area contributed by atoms with E-state index in [9.17, 15) is 0 Å². The summed E-state index contributed by atoms with van der Waals surface area (Å²) in [4.78, 5) is 0. The summed E-state index contributed by atoms with van der Waals surface area (Å²) in [6, 6.07) is 78.2. The predicted molar refractivity (Wildman–Crippen MR) is 256 cm³/mol. The maximum absolute atomic E-state index is 15.4. The highest BCUT2D eigenvalue weighted by molar-refractivity contribution is 7.85. The fourth-order valence-electron chi connectivity index (χ4n) is 8.92. The maximum atomic E-state index is 15.4. The molecule has 0 saturated carbocycles. The number of rotatable bonds is 10. The third-order valence-electron chi connectivity index (χ3n) is 11.6. The fourth-order valence-corrected chi connectivity index (χ4v) is 18.0. The molecule has 0 aromatic heterocycles. The van der Waals surface area contributed by atoms with E-state index < -0.39 is 22.4 Å². The smallest absolute Gasteiger partial charge is 0.171 e. The first-order valence-electron chi connectivity index (χ1n) is 20.1. The van der Waals surface area contributed by atoms with Crippen LogP contribution in [0.1, 0.15) is 22.3 Å². The predicted octanol–water partition coefficient (Wildman–Crippen LogP) is 11.3. The molecule has 1 heterocycles. The minimum absolute atomic E-state index is 0.811. The zero-order valence-corrected chi connectivity index (χ0v) is 35.9. The maximum Gasteiger partial charge on any atom is 0.171 e. The van der Waals surface area contributed by atoms with Gasteiger partial charge < -0.3 is 9.13 Å². The summed E-state index contributed by atoms with van der Waals surface area (Å²) in [7, 11) is -8.84. The molecule has 286 valence electrons. The second-order valence-corrected chi connectivity index (χ2v) is 25.3. The van der Waals surface area contributed by atoms with Gasteiger partial charge in [-0.2, -0.15) is 0 Å². The molecule has 0 spiro atoms. The van der Waals surface area contributed by atoms with Crippen LogP contribution >= 0.6 is 14.3 Å². The number of allylic oxidation sites excluding steroid dienone is 2. The van der Waals surface area contributed by atoms with Gasteiger partial charge in [0.15, 0.2) is 14.3 Å². The Labute approximate surface area is 349 Å². The van der Waals surface area contributed by atoms with Crippen LogP contribution in [0.2, 0.25) is 13.1 Å². The average Bonchev–Trinajstić information content (AvgIpc) is 3.57. The highest BCUT2D eigenvalue weighted by Gasteiger charge is 2.44. The van der Waals surface area contributed by atoms with Gasteiger partial charge in [-0.05, 0) is 43.8 Å². The molecular formula is C54H44O2P2Si. The summed E-state index contributed by atoms with van der Waals surface area (Å²) in [6.45, 7) is 4.91. The van der Waals surface area contributed by atoms with Crippen molar-refractivity contribution in [2.45, 2.75) is 13.1 Å². The van der Waals surface area contributed by atoms with E-state index in [1.54, 1.807) is 0 Å². The standard InChI is InChI=1S/C54H44O2P2Si/c1-59(2)53(43-33-37-49(38-34-43)57(55,45-25-13-5-14-26-45)46-27-15-6-16-28-46)51(41-21-9-3-10-22-41)52(42-23-11-4-12-24-42)54(59)44-35-39-50(40-36-44)58(56,47-29-17-7-18-30-47)48-31-19-8-20-32-48/h3-40H,1-2H3. The Morgan fingerprint density at radius 2 is 0.492 bits per heavy atom. The molecule has 0 atom stereocenters. The fraction of sp³-hybridized carbons (Fsp3) is 0.0370. The minimum Gasteiger partial charge on any atom is -0.309 e. The Kier molecular flexibility index (Phi) is 10.4. The molecule has 9 rings (SSSR count). The highest BCUT2D eigenvalue weighted by atomic mass is 31.2. The zero-order chi connectivity index (χ0) is 40.5. The zero-order valence-electron chi connectivity index (χ0n) is 33.2. The topological polar surface area (TPSA) is 34.1 Å². The normalized spacial score (nSPS) is 14.1. The van der Waals surface area contributed by atoms with E-state index in [1.165, 1.54) is 21.5 Å². The Morgan fingerprint density at radius 3 is 0.746 bits per heavy atom. The molecule has 0 aliphatic carbocycles. The quantitative estimate of drug-likeness (QED) is 0.102. The first kappa shape index (κ1) is 38.4. The van der Waals surface area contributed by atoms with Gasteiger partial charge in [0, 0.05) is 31.8 Å². The first-order valence-corrected chi connectivity index (χ1v) is 26.5. The Hall–Kier alpha value is -6.08. The third-order valence-corrected chi connectivity index (χ3v) is 21.4. The molecule has 1 aliphatic heterocycles. The van der Waals surface area contributed by atoms with E-state index >= 15 is 9.13 Å². The van der Waals surface area contributed by atoms with Crippen molar-refractivity contribution in [3.63, 3.8) is 0 Å². The third kappa shape index (κ3) is 6.80. The molecule has 0 amide bonds. The van der Waals surface area contributed by atoms with Gasteiger partial charge in [-0.3, -0.25) is 0 Å². The van der Waals surface area contributed by atoms with Gasteiger partial charge in [-0.25, -0.2) is 0 Å². The van der Waals surface area contributed by atoms with Crippen LogP contribution in [0.5, 0.6) is 0 Å². The minimum atomic E-state index is -3.15. The van der Waals surface area contributed by atoms with Crippen molar-refractivity contribution < 1.29 is 9.13 Å².